The van der Waals surface area contributed by atoms with Crippen LogP contribution in [0, 0.1) is 23.7 Å². The molecule has 17 heavy (non-hydrogen) atoms. The van der Waals surface area contributed by atoms with Gasteiger partial charge in [0.15, 0.2) is 0 Å². The third kappa shape index (κ3) is 2.53. The molecule has 0 aromatic carbocycles. The second-order valence-corrected chi connectivity index (χ2v) is 6.94. The highest BCUT2D eigenvalue weighted by Gasteiger charge is 2.44. The fourth-order valence-electron chi connectivity index (χ4n) is 3.90. The van der Waals surface area contributed by atoms with Crippen molar-refractivity contribution in [2.75, 3.05) is 20.1 Å². The van der Waals surface area contributed by atoms with E-state index in [9.17, 15) is 0 Å². The molecule has 0 spiro atoms. The van der Waals surface area contributed by atoms with E-state index >= 15 is 0 Å². The summed E-state index contributed by atoms with van der Waals surface area (Å²) >= 11 is 0. The summed E-state index contributed by atoms with van der Waals surface area (Å²) in [5.41, 5.74) is 6.45. The Morgan fingerprint density at radius 1 is 1.24 bits per heavy atom. The van der Waals surface area contributed by atoms with Crippen molar-refractivity contribution < 1.29 is 0 Å². The first kappa shape index (κ1) is 13.4. The van der Waals surface area contributed by atoms with E-state index in [1.807, 2.05) is 0 Å². The van der Waals surface area contributed by atoms with Crippen molar-refractivity contribution in [3.63, 3.8) is 0 Å². The smallest absolute Gasteiger partial charge is 0.0354 e. The lowest BCUT2D eigenvalue weighted by Crippen LogP contribution is -2.59. The lowest BCUT2D eigenvalue weighted by molar-refractivity contribution is 0.0146. The van der Waals surface area contributed by atoms with Crippen LogP contribution in [-0.4, -0.2) is 30.6 Å². The maximum Gasteiger partial charge on any atom is 0.0354 e. The molecule has 0 aromatic heterocycles. The third-order valence-electron chi connectivity index (χ3n) is 5.64. The summed E-state index contributed by atoms with van der Waals surface area (Å²) < 4.78 is 0. The van der Waals surface area contributed by atoms with Gasteiger partial charge < -0.3 is 5.73 Å². The minimum Gasteiger partial charge on any atom is -0.329 e. The summed E-state index contributed by atoms with van der Waals surface area (Å²) in [6, 6.07) is 0. The Labute approximate surface area is 107 Å². The van der Waals surface area contributed by atoms with E-state index in [-0.39, 0.29) is 5.54 Å². The van der Waals surface area contributed by atoms with Crippen molar-refractivity contribution in [2.24, 2.45) is 29.4 Å². The van der Waals surface area contributed by atoms with Crippen molar-refractivity contribution in [1.82, 2.24) is 4.90 Å². The fraction of sp³-hybridized carbons (Fsp3) is 1.00. The van der Waals surface area contributed by atoms with Crippen LogP contribution in [0.25, 0.3) is 0 Å². The molecule has 2 aliphatic rings. The second kappa shape index (κ2) is 4.89. The molecule has 2 aliphatic carbocycles. The predicted molar refractivity (Wildman–Crippen MR) is 73.9 cm³/mol. The van der Waals surface area contributed by atoms with E-state index in [1.54, 1.807) is 0 Å². The van der Waals surface area contributed by atoms with Crippen LogP contribution in [-0.2, 0) is 0 Å². The largest absolute Gasteiger partial charge is 0.329 e. The Morgan fingerprint density at radius 3 is 2.35 bits per heavy atom. The lowest BCUT2D eigenvalue weighted by atomic mass is 9.69. The molecule has 0 bridgehead atoms. The third-order valence-corrected chi connectivity index (χ3v) is 5.64. The fourth-order valence-corrected chi connectivity index (χ4v) is 3.90. The van der Waals surface area contributed by atoms with Crippen molar-refractivity contribution in [1.29, 1.82) is 0 Å². The number of hydrogen-bond donors (Lipinski definition) is 1. The van der Waals surface area contributed by atoms with Crippen LogP contribution in [0.4, 0.5) is 0 Å². The minimum absolute atomic E-state index is 0.287. The van der Waals surface area contributed by atoms with E-state index in [2.05, 4.69) is 32.7 Å². The highest BCUT2D eigenvalue weighted by atomic mass is 15.2. The maximum atomic E-state index is 6.16. The van der Waals surface area contributed by atoms with Gasteiger partial charge in [0.05, 0.1) is 0 Å². The summed E-state index contributed by atoms with van der Waals surface area (Å²) in [4.78, 5) is 2.61. The number of nitrogens with zero attached hydrogens (tertiary/aromatic N) is 1. The molecule has 2 fully saturated rings. The van der Waals surface area contributed by atoms with Crippen LogP contribution >= 0.6 is 0 Å². The molecule has 0 heterocycles. The predicted octanol–water partition coefficient (Wildman–Crippen LogP) is 2.73. The molecule has 0 amide bonds. The van der Waals surface area contributed by atoms with E-state index in [4.69, 9.17) is 5.73 Å². The number of hydrogen-bond acceptors (Lipinski definition) is 2. The molecule has 2 nitrogen and oxygen atoms in total. The monoisotopic (exact) mass is 238 g/mol. The van der Waals surface area contributed by atoms with Crippen LogP contribution in [0.15, 0.2) is 0 Å². The van der Waals surface area contributed by atoms with Crippen LogP contribution in [0.5, 0.6) is 0 Å². The van der Waals surface area contributed by atoms with E-state index in [1.165, 1.54) is 32.2 Å². The quantitative estimate of drug-likeness (QED) is 0.816. The first-order chi connectivity index (χ1) is 7.99. The van der Waals surface area contributed by atoms with Gasteiger partial charge in [-0.1, -0.05) is 20.8 Å². The zero-order chi connectivity index (χ0) is 12.6. The van der Waals surface area contributed by atoms with Gasteiger partial charge in [0.1, 0.15) is 0 Å². The van der Waals surface area contributed by atoms with Crippen LogP contribution in [0.1, 0.15) is 46.5 Å². The molecular formula is C15H30N2. The van der Waals surface area contributed by atoms with Crippen molar-refractivity contribution in [2.45, 2.75) is 52.0 Å². The Bertz CT molecular complexity index is 266. The highest BCUT2D eigenvalue weighted by molar-refractivity contribution is 5.00. The van der Waals surface area contributed by atoms with Gasteiger partial charge in [-0.05, 0) is 56.4 Å². The lowest BCUT2D eigenvalue weighted by Gasteiger charge is -2.50. The highest BCUT2D eigenvalue weighted by Crippen LogP contribution is 2.43. The van der Waals surface area contributed by atoms with Crippen molar-refractivity contribution >= 4 is 0 Å². The molecule has 2 heteroatoms. The summed E-state index contributed by atoms with van der Waals surface area (Å²) in [5.74, 6) is 3.52. The first-order valence-electron chi connectivity index (χ1n) is 7.41. The van der Waals surface area contributed by atoms with Crippen LogP contribution in [0.3, 0.4) is 0 Å². The molecule has 0 aromatic rings. The maximum absolute atomic E-state index is 6.16. The number of likely N-dealkylation sites (N-methyl/N-ethyl adjacent to an activating group) is 1. The van der Waals surface area contributed by atoms with Gasteiger partial charge >= 0.3 is 0 Å². The standard InChI is InChI=1S/C15H30N2/c1-11-5-6-15(10-16,13(3)7-11)17(4)9-14-8-12(14)2/h11-14H,5-10,16H2,1-4H3. The topological polar surface area (TPSA) is 29.3 Å². The minimum atomic E-state index is 0.287. The molecule has 0 aliphatic heterocycles. The summed E-state index contributed by atoms with van der Waals surface area (Å²) in [5, 5.41) is 0. The van der Waals surface area contributed by atoms with E-state index in [0.717, 1.165) is 30.2 Å². The Kier molecular flexibility index (Phi) is 3.84. The normalized spacial score (nSPS) is 46.2. The second-order valence-electron chi connectivity index (χ2n) is 6.94. The Hall–Kier alpha value is -0.0800. The van der Waals surface area contributed by atoms with Gasteiger partial charge in [-0.3, -0.25) is 4.90 Å². The van der Waals surface area contributed by atoms with Crippen molar-refractivity contribution in [3.05, 3.63) is 0 Å². The van der Waals surface area contributed by atoms with Gasteiger partial charge in [-0.2, -0.15) is 0 Å². The zero-order valence-electron chi connectivity index (χ0n) is 12.1. The summed E-state index contributed by atoms with van der Waals surface area (Å²) in [6.45, 7) is 9.27. The SMILES string of the molecule is CC1CCC(CN)(N(C)CC2CC2C)C(C)C1. The van der Waals surface area contributed by atoms with Gasteiger partial charge in [0.2, 0.25) is 0 Å². The van der Waals surface area contributed by atoms with Gasteiger partial charge in [0, 0.05) is 18.6 Å². The molecule has 0 saturated heterocycles. The van der Waals surface area contributed by atoms with Gasteiger partial charge in [-0.15, -0.1) is 0 Å². The molecule has 0 radical (unpaired) electrons. The average Bonchev–Trinajstić information content (AvgIpc) is 2.95. The van der Waals surface area contributed by atoms with E-state index < -0.39 is 0 Å². The molecule has 2 N–H and O–H groups in total. The molecule has 2 saturated carbocycles. The molecular weight excluding hydrogens is 208 g/mol. The Balaban J connectivity index is 2.01. The summed E-state index contributed by atoms with van der Waals surface area (Å²) in [7, 11) is 2.31. The van der Waals surface area contributed by atoms with Gasteiger partial charge in [-0.25, -0.2) is 0 Å². The van der Waals surface area contributed by atoms with Crippen molar-refractivity contribution in [3.8, 4) is 0 Å². The zero-order valence-corrected chi connectivity index (χ0v) is 12.1. The Morgan fingerprint density at radius 2 is 1.88 bits per heavy atom. The van der Waals surface area contributed by atoms with Crippen LogP contribution < -0.4 is 5.73 Å². The molecule has 5 atom stereocenters. The molecule has 2 rings (SSSR count). The number of rotatable bonds is 4. The van der Waals surface area contributed by atoms with E-state index in [0.29, 0.717) is 0 Å². The van der Waals surface area contributed by atoms with Gasteiger partial charge in [0.25, 0.3) is 0 Å². The molecule has 100 valence electrons. The molecule has 5 unspecified atom stereocenters. The number of nitrogens with two attached hydrogens (primary N) is 1. The summed E-state index contributed by atoms with van der Waals surface area (Å²) in [6.07, 6.45) is 5.42. The average molecular weight is 238 g/mol. The first-order valence-corrected chi connectivity index (χ1v) is 7.41. The van der Waals surface area contributed by atoms with Crippen LogP contribution in [0.2, 0.25) is 0 Å².